The van der Waals surface area contributed by atoms with E-state index in [1.54, 1.807) is 6.20 Å². The first kappa shape index (κ1) is 23.0. The third kappa shape index (κ3) is 6.94. The number of hydroxylamine groups is 4. The van der Waals surface area contributed by atoms with Crippen LogP contribution in [0.3, 0.4) is 0 Å². The van der Waals surface area contributed by atoms with Crippen molar-refractivity contribution in [3.8, 4) is 0 Å². The average molecular weight is 451 g/mol. The van der Waals surface area contributed by atoms with Crippen molar-refractivity contribution < 1.29 is 38.7 Å². The van der Waals surface area contributed by atoms with E-state index in [-0.39, 0.29) is 25.9 Å². The molecule has 0 radical (unpaired) electrons. The standard InChI is InChI=1S/C14H19N4O7PS2/c19-12-4-5-13(20)18(12,22)25-14(21)6-8-16-26(23,24)17-9-10-27-28-11-3-1-2-7-15-11/h1-3,7,22H,4-6,8-10H2,(H2-,16,17,23,24)/p+1. The van der Waals surface area contributed by atoms with Gasteiger partial charge in [-0.1, -0.05) is 16.9 Å². The van der Waals surface area contributed by atoms with Gasteiger partial charge in [-0.15, -0.1) is 0 Å². The summed E-state index contributed by atoms with van der Waals surface area (Å²) in [6, 6.07) is 5.52. The molecule has 2 heterocycles. The Labute approximate surface area is 168 Å². The van der Waals surface area contributed by atoms with E-state index in [0.717, 1.165) is 5.03 Å². The van der Waals surface area contributed by atoms with Crippen LogP contribution in [0.2, 0.25) is 0 Å². The number of carbonyl (C=O) groups is 3. The van der Waals surface area contributed by atoms with Crippen molar-refractivity contribution >= 4 is 47.0 Å². The minimum Gasteiger partial charge on any atom is -0.322 e. The molecular formula is C14H20N4O7PS2+. The Morgan fingerprint density at radius 3 is 2.57 bits per heavy atom. The number of hydrogen-bond acceptors (Lipinski definition) is 9. The molecule has 1 aliphatic rings. The van der Waals surface area contributed by atoms with Gasteiger partial charge in [0.15, 0.2) is 0 Å². The highest BCUT2D eigenvalue weighted by atomic mass is 33.1. The number of aromatic nitrogens is 1. The van der Waals surface area contributed by atoms with Crippen LogP contribution in [0, 0.1) is 0 Å². The van der Waals surface area contributed by atoms with Crippen molar-refractivity contribution in [3.63, 3.8) is 0 Å². The number of quaternary nitrogens is 1. The van der Waals surface area contributed by atoms with Crippen LogP contribution in [0.1, 0.15) is 19.3 Å². The second kappa shape index (κ2) is 10.5. The third-order valence-electron chi connectivity index (χ3n) is 3.41. The van der Waals surface area contributed by atoms with Gasteiger partial charge in [0.05, 0.1) is 19.3 Å². The number of rotatable bonds is 11. The van der Waals surface area contributed by atoms with Crippen molar-refractivity contribution in [2.45, 2.75) is 24.3 Å². The minimum atomic E-state index is -3.89. The fraction of sp³-hybridized carbons (Fsp3) is 0.429. The van der Waals surface area contributed by atoms with Gasteiger partial charge in [0, 0.05) is 25.0 Å². The van der Waals surface area contributed by atoms with Gasteiger partial charge < -0.3 is 4.89 Å². The molecule has 1 fully saturated rings. The molecular weight excluding hydrogens is 431 g/mol. The molecule has 154 valence electrons. The monoisotopic (exact) mass is 451 g/mol. The molecule has 1 aromatic rings. The van der Waals surface area contributed by atoms with Crippen molar-refractivity contribution in [2.24, 2.45) is 0 Å². The first-order valence-electron chi connectivity index (χ1n) is 8.17. The molecule has 28 heavy (non-hydrogen) atoms. The van der Waals surface area contributed by atoms with Crippen LogP contribution >= 0.6 is 29.3 Å². The van der Waals surface area contributed by atoms with Gasteiger partial charge in [0.2, 0.25) is 0 Å². The predicted octanol–water partition coefficient (Wildman–Crippen LogP) is 1.00. The topological polar surface area (TPSA) is 155 Å². The number of nitrogens with one attached hydrogen (secondary N) is 2. The Hall–Kier alpha value is -1.31. The van der Waals surface area contributed by atoms with Crippen LogP contribution in [0.25, 0.3) is 0 Å². The van der Waals surface area contributed by atoms with Crippen LogP contribution in [-0.4, -0.2) is 56.5 Å². The number of amides is 2. The number of imide groups is 1. The summed E-state index contributed by atoms with van der Waals surface area (Å²) in [4.78, 5) is 50.9. The summed E-state index contributed by atoms with van der Waals surface area (Å²) in [6.45, 7) is -0.0206. The third-order valence-corrected chi connectivity index (χ3v) is 6.98. The summed E-state index contributed by atoms with van der Waals surface area (Å²) in [5, 5.41) is 15.3. The van der Waals surface area contributed by atoms with Crippen molar-refractivity contribution in [1.82, 2.24) is 15.2 Å². The number of pyridine rings is 1. The first-order valence-corrected chi connectivity index (χ1v) is 12.2. The second-order valence-corrected chi connectivity index (χ2v) is 9.76. The fourth-order valence-corrected chi connectivity index (χ4v) is 4.93. The van der Waals surface area contributed by atoms with Crippen LogP contribution in [-0.2, 0) is 23.8 Å². The minimum absolute atomic E-state index is 0.215. The van der Waals surface area contributed by atoms with E-state index < -0.39 is 36.7 Å². The lowest BCUT2D eigenvalue weighted by molar-refractivity contribution is -1.12. The Kier molecular flexibility index (Phi) is 8.58. The zero-order chi connectivity index (χ0) is 20.6. The zero-order valence-electron chi connectivity index (χ0n) is 14.6. The van der Waals surface area contributed by atoms with Crippen LogP contribution < -0.4 is 10.2 Å². The molecule has 11 nitrogen and oxygen atoms in total. The van der Waals surface area contributed by atoms with Gasteiger partial charge >= 0.3 is 25.5 Å². The lowest BCUT2D eigenvalue weighted by atomic mass is 10.4. The van der Waals surface area contributed by atoms with E-state index in [0.29, 0.717) is 5.75 Å². The Morgan fingerprint density at radius 1 is 1.25 bits per heavy atom. The van der Waals surface area contributed by atoms with Gasteiger partial charge in [0.25, 0.3) is 0 Å². The highest BCUT2D eigenvalue weighted by Crippen LogP contribution is 2.31. The normalized spacial score (nSPS) is 18.1. The molecule has 2 rings (SSSR count). The smallest absolute Gasteiger partial charge is 0.322 e. The van der Waals surface area contributed by atoms with E-state index in [1.807, 2.05) is 18.2 Å². The maximum atomic E-state index is 11.9. The van der Waals surface area contributed by atoms with Gasteiger partial charge in [-0.2, -0.15) is 5.21 Å². The molecule has 2 amide bonds. The quantitative estimate of drug-likeness (QED) is 0.0947. The van der Waals surface area contributed by atoms with Crippen LogP contribution in [0.4, 0.5) is 0 Å². The Bertz CT molecular complexity index is 751. The lowest BCUT2D eigenvalue weighted by Crippen LogP contribution is -2.50. The average Bonchev–Trinajstić information content (AvgIpc) is 2.89. The number of hydrogen-bond donors (Lipinski definition) is 4. The fourth-order valence-electron chi connectivity index (χ4n) is 2.05. The number of nitrogens with zero attached hydrogens (tertiary/aromatic N) is 2. The molecule has 1 aliphatic heterocycles. The van der Waals surface area contributed by atoms with E-state index in [4.69, 9.17) is 0 Å². The highest BCUT2D eigenvalue weighted by molar-refractivity contribution is 8.76. The van der Waals surface area contributed by atoms with Gasteiger partial charge in [0.1, 0.15) is 9.84 Å². The van der Waals surface area contributed by atoms with E-state index in [9.17, 15) is 29.0 Å². The molecule has 4 N–H and O–H groups in total. The summed E-state index contributed by atoms with van der Waals surface area (Å²) in [7, 11) is -0.988. The maximum absolute atomic E-state index is 11.9. The number of carbonyl (C=O) groups excluding carboxylic acids is 3. The van der Waals surface area contributed by atoms with E-state index in [1.165, 1.54) is 21.6 Å². The van der Waals surface area contributed by atoms with Crippen molar-refractivity contribution in [2.75, 3.05) is 18.8 Å². The zero-order valence-corrected chi connectivity index (χ0v) is 17.2. The molecule has 14 heteroatoms. The Balaban J connectivity index is 1.61. The largest absolute Gasteiger partial charge is 0.397 e. The molecule has 1 saturated heterocycles. The summed E-state index contributed by atoms with van der Waals surface area (Å²) in [6.07, 6.45) is 0.826. The first-order chi connectivity index (χ1) is 13.2. The van der Waals surface area contributed by atoms with Gasteiger partial charge in [-0.3, -0.25) is 4.57 Å². The van der Waals surface area contributed by atoms with E-state index >= 15 is 0 Å². The summed E-state index contributed by atoms with van der Waals surface area (Å²) in [5.74, 6) is -2.38. The van der Waals surface area contributed by atoms with Crippen molar-refractivity contribution in [1.29, 1.82) is 0 Å². The molecule has 0 saturated carbocycles. The van der Waals surface area contributed by atoms with E-state index in [2.05, 4.69) is 20.0 Å². The molecule has 0 bridgehead atoms. The summed E-state index contributed by atoms with van der Waals surface area (Å²) >= 11 is 0. The predicted molar refractivity (Wildman–Crippen MR) is 100 cm³/mol. The molecule has 1 unspecified atom stereocenters. The SMILES string of the molecule is O=C(CCNP(=O)(O)NCCSSc1ccccn1)O[N+]1(O)C(=O)CCC1=O. The molecule has 1 atom stereocenters. The van der Waals surface area contributed by atoms with Gasteiger partial charge in [-0.05, 0) is 22.9 Å². The lowest BCUT2D eigenvalue weighted by Gasteiger charge is -2.16. The Morgan fingerprint density at radius 2 is 1.93 bits per heavy atom. The van der Waals surface area contributed by atoms with Gasteiger partial charge in [-0.25, -0.2) is 34.4 Å². The summed E-state index contributed by atoms with van der Waals surface area (Å²) in [5.41, 5.74) is 0. The maximum Gasteiger partial charge on any atom is 0.397 e. The highest BCUT2D eigenvalue weighted by Gasteiger charge is 2.55. The molecule has 0 spiro atoms. The summed E-state index contributed by atoms with van der Waals surface area (Å²) < 4.78 is 11.9. The molecule has 1 aromatic heterocycles. The molecule has 0 aliphatic carbocycles. The van der Waals surface area contributed by atoms with Crippen LogP contribution in [0.5, 0.6) is 0 Å². The second-order valence-electron chi connectivity index (χ2n) is 5.54. The van der Waals surface area contributed by atoms with Crippen molar-refractivity contribution in [3.05, 3.63) is 24.4 Å². The molecule has 0 aromatic carbocycles. The van der Waals surface area contributed by atoms with Crippen LogP contribution in [0.15, 0.2) is 29.4 Å².